The Morgan fingerprint density at radius 2 is 2.09 bits per heavy atom. The molecule has 2 aliphatic heterocycles. The molecule has 2 bridgehead atoms. The van der Waals surface area contributed by atoms with Crippen LogP contribution in [-0.4, -0.2) is 12.1 Å². The Morgan fingerprint density at radius 1 is 1.36 bits per heavy atom. The summed E-state index contributed by atoms with van der Waals surface area (Å²) < 4.78 is 0. The molecule has 1 aliphatic carbocycles. The van der Waals surface area contributed by atoms with Crippen LogP contribution in [0.2, 0.25) is 0 Å². The first-order valence-corrected chi connectivity index (χ1v) is 5.01. The second kappa shape index (κ2) is 2.78. The van der Waals surface area contributed by atoms with Crippen molar-refractivity contribution >= 4 is 0 Å². The Kier molecular flexibility index (Phi) is 1.92. The van der Waals surface area contributed by atoms with Crippen LogP contribution in [0.4, 0.5) is 0 Å². The SMILES string of the molecule is CC(C)CC1CCC2CC1N2. The van der Waals surface area contributed by atoms with Crippen LogP contribution in [0.3, 0.4) is 0 Å². The van der Waals surface area contributed by atoms with Gasteiger partial charge in [0, 0.05) is 12.1 Å². The van der Waals surface area contributed by atoms with Crippen molar-refractivity contribution in [2.24, 2.45) is 11.8 Å². The smallest absolute Gasteiger partial charge is 0.0113 e. The van der Waals surface area contributed by atoms with Crippen LogP contribution in [0, 0.1) is 11.8 Å². The van der Waals surface area contributed by atoms with E-state index < -0.39 is 0 Å². The number of piperidine rings is 1. The minimum atomic E-state index is 0.888. The maximum absolute atomic E-state index is 3.63. The van der Waals surface area contributed by atoms with E-state index in [1.54, 1.807) is 0 Å². The average molecular weight is 153 g/mol. The maximum atomic E-state index is 3.63. The van der Waals surface area contributed by atoms with Crippen LogP contribution < -0.4 is 5.32 Å². The van der Waals surface area contributed by atoms with E-state index in [0.717, 1.165) is 23.9 Å². The zero-order chi connectivity index (χ0) is 7.84. The van der Waals surface area contributed by atoms with E-state index in [9.17, 15) is 0 Å². The van der Waals surface area contributed by atoms with Crippen molar-refractivity contribution in [2.75, 3.05) is 0 Å². The lowest BCUT2D eigenvalue weighted by Gasteiger charge is -2.48. The third-order valence-corrected chi connectivity index (χ3v) is 3.22. The highest BCUT2D eigenvalue weighted by Gasteiger charge is 2.38. The molecule has 1 saturated carbocycles. The van der Waals surface area contributed by atoms with Crippen molar-refractivity contribution in [3.8, 4) is 0 Å². The maximum Gasteiger partial charge on any atom is 0.0113 e. The van der Waals surface area contributed by atoms with Gasteiger partial charge >= 0.3 is 0 Å². The minimum Gasteiger partial charge on any atom is -0.311 e. The van der Waals surface area contributed by atoms with E-state index in [1.165, 1.54) is 25.7 Å². The van der Waals surface area contributed by atoms with E-state index >= 15 is 0 Å². The predicted octanol–water partition coefficient (Wildman–Crippen LogP) is 2.17. The lowest BCUT2D eigenvalue weighted by molar-refractivity contribution is 0.0985. The Balaban J connectivity index is 1.83. The first-order valence-electron chi connectivity index (χ1n) is 5.01. The normalized spacial score (nSPS) is 42.3. The van der Waals surface area contributed by atoms with Gasteiger partial charge in [-0.3, -0.25) is 0 Å². The van der Waals surface area contributed by atoms with Crippen LogP contribution in [0.1, 0.15) is 39.5 Å². The van der Waals surface area contributed by atoms with E-state index in [-0.39, 0.29) is 0 Å². The monoisotopic (exact) mass is 153 g/mol. The molecule has 3 atom stereocenters. The van der Waals surface area contributed by atoms with E-state index in [4.69, 9.17) is 0 Å². The molecule has 1 N–H and O–H groups in total. The molecule has 3 fully saturated rings. The predicted molar refractivity (Wildman–Crippen MR) is 47.5 cm³/mol. The Bertz CT molecular complexity index is 133. The molecule has 0 aromatic carbocycles. The third kappa shape index (κ3) is 1.44. The van der Waals surface area contributed by atoms with E-state index in [2.05, 4.69) is 19.2 Å². The molecule has 11 heavy (non-hydrogen) atoms. The largest absolute Gasteiger partial charge is 0.311 e. The molecule has 1 nitrogen and oxygen atoms in total. The lowest BCUT2D eigenvalue weighted by Crippen LogP contribution is -2.59. The van der Waals surface area contributed by atoms with Crippen molar-refractivity contribution in [1.29, 1.82) is 0 Å². The van der Waals surface area contributed by atoms with Crippen molar-refractivity contribution in [1.82, 2.24) is 5.32 Å². The fraction of sp³-hybridized carbons (Fsp3) is 1.00. The van der Waals surface area contributed by atoms with Gasteiger partial charge in [-0.1, -0.05) is 13.8 Å². The van der Waals surface area contributed by atoms with Gasteiger partial charge in [0.25, 0.3) is 0 Å². The Hall–Kier alpha value is -0.0400. The van der Waals surface area contributed by atoms with Gasteiger partial charge in [0.2, 0.25) is 0 Å². The van der Waals surface area contributed by atoms with Crippen LogP contribution in [0.5, 0.6) is 0 Å². The Morgan fingerprint density at radius 3 is 2.55 bits per heavy atom. The summed E-state index contributed by atoms with van der Waals surface area (Å²) in [5, 5.41) is 3.63. The summed E-state index contributed by atoms with van der Waals surface area (Å²) >= 11 is 0. The van der Waals surface area contributed by atoms with Crippen LogP contribution in [0.15, 0.2) is 0 Å². The van der Waals surface area contributed by atoms with Gasteiger partial charge < -0.3 is 5.32 Å². The number of hydrogen-bond donors (Lipinski definition) is 1. The van der Waals surface area contributed by atoms with Gasteiger partial charge in [0.15, 0.2) is 0 Å². The highest BCUT2D eigenvalue weighted by atomic mass is 15.1. The highest BCUT2D eigenvalue weighted by molar-refractivity contribution is 4.98. The summed E-state index contributed by atoms with van der Waals surface area (Å²) in [6.07, 6.45) is 5.83. The van der Waals surface area contributed by atoms with Crippen molar-refractivity contribution in [3.05, 3.63) is 0 Å². The zero-order valence-electron chi connectivity index (χ0n) is 7.64. The third-order valence-electron chi connectivity index (χ3n) is 3.22. The van der Waals surface area contributed by atoms with Gasteiger partial charge in [-0.15, -0.1) is 0 Å². The standard InChI is InChI=1S/C10H19N/c1-7(2)5-8-3-4-9-6-10(8)11-9/h7-11H,3-6H2,1-2H3. The highest BCUT2D eigenvalue weighted by Crippen LogP contribution is 2.36. The molecule has 0 aromatic heterocycles. The van der Waals surface area contributed by atoms with Crippen molar-refractivity contribution < 1.29 is 0 Å². The molecule has 1 heteroatoms. The van der Waals surface area contributed by atoms with Gasteiger partial charge in [0.05, 0.1) is 0 Å². The second-order valence-electron chi connectivity index (χ2n) is 4.67. The molecule has 2 saturated heterocycles. The fourth-order valence-electron chi connectivity index (χ4n) is 2.62. The topological polar surface area (TPSA) is 12.0 Å². The first kappa shape index (κ1) is 7.60. The summed E-state index contributed by atoms with van der Waals surface area (Å²) in [5.41, 5.74) is 0. The van der Waals surface area contributed by atoms with Gasteiger partial charge in [-0.05, 0) is 37.5 Å². The molecule has 64 valence electrons. The molecule has 0 spiro atoms. The van der Waals surface area contributed by atoms with Crippen LogP contribution in [-0.2, 0) is 0 Å². The molecule has 3 unspecified atom stereocenters. The summed E-state index contributed by atoms with van der Waals surface area (Å²) in [7, 11) is 0. The second-order valence-corrected chi connectivity index (χ2v) is 4.67. The van der Waals surface area contributed by atoms with Gasteiger partial charge in [-0.25, -0.2) is 0 Å². The quantitative estimate of drug-likeness (QED) is 0.641. The van der Waals surface area contributed by atoms with Gasteiger partial charge in [-0.2, -0.15) is 0 Å². The lowest BCUT2D eigenvalue weighted by atomic mass is 9.72. The molecule has 0 aromatic rings. The molecule has 0 amide bonds. The van der Waals surface area contributed by atoms with Crippen LogP contribution in [0.25, 0.3) is 0 Å². The molecule has 0 radical (unpaired) electrons. The number of rotatable bonds is 2. The van der Waals surface area contributed by atoms with Gasteiger partial charge in [0.1, 0.15) is 0 Å². The number of fused-ring (bicyclic) bond motifs is 2. The van der Waals surface area contributed by atoms with E-state index in [0.29, 0.717) is 0 Å². The molecule has 3 rings (SSSR count). The zero-order valence-corrected chi connectivity index (χ0v) is 7.64. The summed E-state index contributed by atoms with van der Waals surface area (Å²) in [6.45, 7) is 4.68. The number of hydrogen-bond acceptors (Lipinski definition) is 1. The average Bonchev–Trinajstić information content (AvgIpc) is 1.83. The molecular weight excluding hydrogens is 134 g/mol. The number of nitrogens with one attached hydrogen (secondary N) is 1. The summed E-state index contributed by atoms with van der Waals surface area (Å²) in [4.78, 5) is 0. The first-order chi connectivity index (χ1) is 5.25. The summed E-state index contributed by atoms with van der Waals surface area (Å²) in [5.74, 6) is 1.89. The van der Waals surface area contributed by atoms with E-state index in [1.807, 2.05) is 0 Å². The van der Waals surface area contributed by atoms with Crippen LogP contribution >= 0.6 is 0 Å². The summed E-state index contributed by atoms with van der Waals surface area (Å²) in [6, 6.07) is 1.81. The molecule has 2 heterocycles. The van der Waals surface area contributed by atoms with Crippen molar-refractivity contribution in [2.45, 2.75) is 51.6 Å². The molecule has 3 aliphatic rings. The fourth-order valence-corrected chi connectivity index (χ4v) is 2.62. The Labute approximate surface area is 69.6 Å². The van der Waals surface area contributed by atoms with Crippen molar-refractivity contribution in [3.63, 3.8) is 0 Å². The minimum absolute atomic E-state index is 0.888. The molecular formula is C10H19N.